The van der Waals surface area contributed by atoms with Crippen molar-refractivity contribution in [3.8, 4) is 22.5 Å². The number of alkyl halides is 3. The van der Waals surface area contributed by atoms with Crippen LogP contribution in [0.3, 0.4) is 0 Å². The third-order valence-electron chi connectivity index (χ3n) is 6.36. The predicted molar refractivity (Wildman–Crippen MR) is 136 cm³/mol. The molecule has 0 bridgehead atoms. The Morgan fingerprint density at radius 1 is 1.00 bits per heavy atom. The smallest absolute Gasteiger partial charge is 0.416 e. The minimum atomic E-state index is -4.60. The van der Waals surface area contributed by atoms with Gasteiger partial charge in [-0.1, -0.05) is 61.9 Å². The number of aryl methyl sites for hydroxylation is 1. The van der Waals surface area contributed by atoms with Gasteiger partial charge in [0.05, 0.1) is 16.6 Å². The van der Waals surface area contributed by atoms with Crippen LogP contribution >= 0.6 is 0 Å². The number of tetrazole rings is 1. The number of fused-ring (bicyclic) bond motifs is 1. The van der Waals surface area contributed by atoms with Gasteiger partial charge in [0, 0.05) is 23.1 Å². The van der Waals surface area contributed by atoms with Gasteiger partial charge in [-0.3, -0.25) is 4.98 Å². The molecule has 0 spiro atoms. The zero-order valence-corrected chi connectivity index (χ0v) is 20.3. The van der Waals surface area contributed by atoms with Crippen LogP contribution < -0.4 is 0 Å². The first-order valence-electron chi connectivity index (χ1n) is 11.9. The molecule has 0 atom stereocenters. The van der Waals surface area contributed by atoms with Crippen LogP contribution in [0.1, 0.15) is 46.1 Å². The van der Waals surface area contributed by atoms with Crippen molar-refractivity contribution < 1.29 is 23.1 Å². The van der Waals surface area contributed by atoms with Crippen molar-refractivity contribution in [2.45, 2.75) is 32.4 Å². The third-order valence-corrected chi connectivity index (χ3v) is 6.36. The molecule has 38 heavy (non-hydrogen) atoms. The lowest BCUT2D eigenvalue weighted by molar-refractivity contribution is -0.137. The zero-order valence-electron chi connectivity index (χ0n) is 20.3. The summed E-state index contributed by atoms with van der Waals surface area (Å²) in [6, 6.07) is 18.2. The van der Waals surface area contributed by atoms with Crippen LogP contribution in [0.2, 0.25) is 0 Å². The van der Waals surface area contributed by atoms with E-state index < -0.39 is 17.7 Å². The minimum Gasteiger partial charge on any atom is -0.478 e. The van der Waals surface area contributed by atoms with E-state index in [0.717, 1.165) is 34.4 Å². The number of halogens is 3. The number of rotatable bonds is 7. The van der Waals surface area contributed by atoms with Crippen LogP contribution in [0.5, 0.6) is 0 Å². The summed E-state index contributed by atoms with van der Waals surface area (Å²) < 4.78 is 40.2. The van der Waals surface area contributed by atoms with E-state index in [0.29, 0.717) is 29.9 Å². The second kappa shape index (κ2) is 10.0. The molecule has 0 radical (unpaired) electrons. The molecule has 5 rings (SSSR count). The Labute approximate surface area is 215 Å². The first kappa shape index (κ1) is 25.1. The molecule has 2 N–H and O–H groups in total. The Bertz CT molecular complexity index is 1610. The van der Waals surface area contributed by atoms with Crippen molar-refractivity contribution in [2.24, 2.45) is 0 Å². The monoisotopic (exact) mass is 517 g/mol. The summed E-state index contributed by atoms with van der Waals surface area (Å²) in [5, 5.41) is 24.3. The second-order valence-corrected chi connectivity index (χ2v) is 8.85. The van der Waals surface area contributed by atoms with Gasteiger partial charge in [0.15, 0.2) is 0 Å². The first-order chi connectivity index (χ1) is 18.3. The average molecular weight is 518 g/mol. The third kappa shape index (κ3) is 4.84. The van der Waals surface area contributed by atoms with Crippen molar-refractivity contribution in [1.82, 2.24) is 25.6 Å². The van der Waals surface area contributed by atoms with Gasteiger partial charge in [-0.25, -0.2) is 4.79 Å². The molecular formula is C28H22F3N5O2. The number of aromatic amines is 1. The molecule has 10 heteroatoms. The Balaban J connectivity index is 1.58. The van der Waals surface area contributed by atoms with E-state index in [4.69, 9.17) is 0 Å². The second-order valence-electron chi connectivity index (χ2n) is 8.85. The molecule has 7 nitrogen and oxygen atoms in total. The lowest BCUT2D eigenvalue weighted by atomic mass is 9.91. The van der Waals surface area contributed by atoms with E-state index in [1.807, 2.05) is 55.5 Å². The van der Waals surface area contributed by atoms with Crippen molar-refractivity contribution in [3.05, 3.63) is 94.7 Å². The van der Waals surface area contributed by atoms with E-state index >= 15 is 0 Å². The van der Waals surface area contributed by atoms with Gasteiger partial charge in [-0.2, -0.15) is 18.4 Å². The summed E-state index contributed by atoms with van der Waals surface area (Å²) in [6.45, 7) is 1.94. The molecule has 0 saturated heterocycles. The summed E-state index contributed by atoms with van der Waals surface area (Å²) in [5.41, 5.74) is 3.57. The summed E-state index contributed by atoms with van der Waals surface area (Å²) in [4.78, 5) is 17.0. The number of nitrogens with zero attached hydrogens (tertiary/aromatic N) is 4. The molecule has 0 amide bonds. The van der Waals surface area contributed by atoms with E-state index in [1.54, 1.807) is 0 Å². The number of carboxylic acid groups (broad SMARTS) is 1. The molecule has 0 aliphatic rings. The van der Waals surface area contributed by atoms with E-state index in [-0.39, 0.29) is 22.9 Å². The first-order valence-corrected chi connectivity index (χ1v) is 11.9. The SMILES string of the molecule is CCCc1nc2ccc(C(F)(F)F)cc2c(C(=O)O)c1Cc1ccc(-c2ccccc2-c2nn[nH]n2)cc1. The Kier molecular flexibility index (Phi) is 6.62. The Hall–Kier alpha value is -4.60. The summed E-state index contributed by atoms with van der Waals surface area (Å²) >= 11 is 0. The molecule has 0 saturated carbocycles. The number of pyridine rings is 1. The minimum absolute atomic E-state index is 0.0205. The highest BCUT2D eigenvalue weighted by atomic mass is 19.4. The number of carbonyl (C=O) groups is 1. The quantitative estimate of drug-likeness (QED) is 0.261. The van der Waals surface area contributed by atoms with Gasteiger partial charge in [-0.15, -0.1) is 10.2 Å². The molecule has 3 aromatic carbocycles. The lowest BCUT2D eigenvalue weighted by Gasteiger charge is -2.16. The fourth-order valence-electron chi connectivity index (χ4n) is 4.62. The molecule has 2 aromatic heterocycles. The molecule has 5 aromatic rings. The summed E-state index contributed by atoms with van der Waals surface area (Å²) in [6.07, 6.45) is -3.18. The molecule has 2 heterocycles. The van der Waals surface area contributed by atoms with Gasteiger partial charge in [0.2, 0.25) is 5.82 Å². The molecule has 0 aliphatic carbocycles. The normalized spacial score (nSPS) is 11.7. The van der Waals surface area contributed by atoms with Crippen LogP contribution in [0, 0.1) is 0 Å². The number of nitrogens with one attached hydrogen (secondary N) is 1. The van der Waals surface area contributed by atoms with Crippen molar-refractivity contribution in [3.63, 3.8) is 0 Å². The lowest BCUT2D eigenvalue weighted by Crippen LogP contribution is -2.12. The molecular weight excluding hydrogens is 495 g/mol. The van der Waals surface area contributed by atoms with Gasteiger partial charge in [-0.05, 0) is 52.1 Å². The summed E-state index contributed by atoms with van der Waals surface area (Å²) in [5.74, 6) is -0.824. The zero-order chi connectivity index (χ0) is 26.9. The Morgan fingerprint density at radius 2 is 1.74 bits per heavy atom. The van der Waals surface area contributed by atoms with Crippen molar-refractivity contribution in [2.75, 3.05) is 0 Å². The maximum Gasteiger partial charge on any atom is 0.416 e. The maximum atomic E-state index is 13.4. The maximum absolute atomic E-state index is 13.4. The topological polar surface area (TPSA) is 105 Å². The fraction of sp³-hybridized carbons (Fsp3) is 0.179. The van der Waals surface area contributed by atoms with Crippen LogP contribution in [0.4, 0.5) is 13.2 Å². The highest BCUT2D eigenvalue weighted by Crippen LogP contribution is 2.35. The number of hydrogen-bond acceptors (Lipinski definition) is 5. The van der Waals surface area contributed by atoms with E-state index in [1.165, 1.54) is 6.07 Å². The van der Waals surface area contributed by atoms with Crippen molar-refractivity contribution >= 4 is 16.9 Å². The molecule has 0 fully saturated rings. The number of aromatic carboxylic acids is 1. The molecule has 192 valence electrons. The van der Waals surface area contributed by atoms with Gasteiger partial charge in [0.1, 0.15) is 0 Å². The highest BCUT2D eigenvalue weighted by Gasteiger charge is 2.31. The van der Waals surface area contributed by atoms with Crippen LogP contribution in [0.25, 0.3) is 33.4 Å². The van der Waals surface area contributed by atoms with Gasteiger partial charge in [0.25, 0.3) is 0 Å². The number of H-pyrrole nitrogens is 1. The summed E-state index contributed by atoms with van der Waals surface area (Å²) in [7, 11) is 0. The van der Waals surface area contributed by atoms with Gasteiger partial charge < -0.3 is 5.11 Å². The number of benzene rings is 3. The average Bonchev–Trinajstić information content (AvgIpc) is 3.43. The predicted octanol–water partition coefficient (Wildman–Crippen LogP) is 6.34. The van der Waals surface area contributed by atoms with E-state index in [2.05, 4.69) is 25.6 Å². The van der Waals surface area contributed by atoms with Crippen molar-refractivity contribution in [1.29, 1.82) is 0 Å². The number of aromatic nitrogens is 5. The number of carboxylic acids is 1. The largest absolute Gasteiger partial charge is 0.478 e. The van der Waals surface area contributed by atoms with Gasteiger partial charge >= 0.3 is 12.1 Å². The van der Waals surface area contributed by atoms with Crippen LogP contribution in [0.15, 0.2) is 66.7 Å². The number of hydrogen-bond donors (Lipinski definition) is 2. The molecule has 0 unspecified atom stereocenters. The highest BCUT2D eigenvalue weighted by molar-refractivity contribution is 6.04. The van der Waals surface area contributed by atoms with Crippen LogP contribution in [-0.2, 0) is 19.0 Å². The standard InChI is InChI=1S/C28H22F3N5O2/c1-2-5-23-21(25(27(37)38)22-15-18(28(29,30)31)12-13-24(22)32-23)14-16-8-10-17(11-9-16)19-6-3-4-7-20(19)26-33-35-36-34-26/h3-4,6-13,15H,2,5,14H2,1H3,(H,37,38)(H,33,34,35,36). The Morgan fingerprint density at radius 3 is 2.37 bits per heavy atom. The fourth-order valence-corrected chi connectivity index (χ4v) is 4.62. The molecule has 0 aliphatic heterocycles. The van der Waals surface area contributed by atoms with E-state index in [9.17, 15) is 23.1 Å². The van der Waals surface area contributed by atoms with Crippen LogP contribution in [-0.4, -0.2) is 36.7 Å².